The Morgan fingerprint density at radius 2 is 1.17 bits per heavy atom. The molecule has 1 heterocycles. The van der Waals surface area contributed by atoms with Crippen molar-refractivity contribution in [1.82, 2.24) is 9.80 Å². The molecule has 2 aromatic rings. The molecular formula is C23H32N2O5. The van der Waals surface area contributed by atoms with Gasteiger partial charge >= 0.3 is 0 Å². The van der Waals surface area contributed by atoms with Crippen LogP contribution in [0.1, 0.15) is 11.1 Å². The zero-order valence-electron chi connectivity index (χ0n) is 18.6. The van der Waals surface area contributed by atoms with Crippen molar-refractivity contribution in [2.45, 2.75) is 13.1 Å². The van der Waals surface area contributed by atoms with Crippen LogP contribution in [0.3, 0.4) is 0 Å². The maximum atomic E-state index is 5.63. The van der Waals surface area contributed by atoms with Gasteiger partial charge in [0.25, 0.3) is 0 Å². The molecule has 164 valence electrons. The van der Waals surface area contributed by atoms with Crippen molar-refractivity contribution in [3.05, 3.63) is 41.5 Å². The van der Waals surface area contributed by atoms with Crippen molar-refractivity contribution in [1.29, 1.82) is 0 Å². The summed E-state index contributed by atoms with van der Waals surface area (Å²) in [5.41, 5.74) is 2.33. The third-order valence-corrected chi connectivity index (χ3v) is 5.50. The molecule has 0 atom stereocenters. The van der Waals surface area contributed by atoms with Crippen LogP contribution in [-0.2, 0) is 13.1 Å². The average Bonchev–Trinajstić information content (AvgIpc) is 2.79. The number of methoxy groups -OCH3 is 5. The lowest BCUT2D eigenvalue weighted by Gasteiger charge is -2.35. The van der Waals surface area contributed by atoms with Gasteiger partial charge in [0.2, 0.25) is 5.75 Å². The standard InChI is InChI=1S/C23H32N2O5/c1-26-19-8-6-17(14-21(19)28-3)15-24-10-12-25(13-11-24)16-18-7-9-20(27-2)23(30-5)22(18)29-4/h6-9,14H,10-13,15-16H2,1-5H3. The summed E-state index contributed by atoms with van der Waals surface area (Å²) in [4.78, 5) is 4.90. The zero-order chi connectivity index (χ0) is 21.5. The molecule has 30 heavy (non-hydrogen) atoms. The summed E-state index contributed by atoms with van der Waals surface area (Å²) < 4.78 is 27.3. The first-order chi connectivity index (χ1) is 14.6. The molecule has 1 saturated heterocycles. The van der Waals surface area contributed by atoms with Gasteiger partial charge in [-0.15, -0.1) is 0 Å². The molecule has 3 rings (SSSR count). The Bertz CT molecular complexity index is 835. The summed E-state index contributed by atoms with van der Waals surface area (Å²) in [6, 6.07) is 10.1. The topological polar surface area (TPSA) is 52.6 Å². The molecule has 0 bridgehead atoms. The van der Waals surface area contributed by atoms with Crippen LogP contribution in [0.5, 0.6) is 28.7 Å². The molecule has 1 aliphatic rings. The summed E-state index contributed by atoms with van der Waals surface area (Å²) in [6.45, 7) is 5.70. The molecular weight excluding hydrogens is 384 g/mol. The summed E-state index contributed by atoms with van der Waals surface area (Å²) in [6.07, 6.45) is 0. The minimum absolute atomic E-state index is 0.643. The smallest absolute Gasteiger partial charge is 0.203 e. The van der Waals surface area contributed by atoms with Gasteiger partial charge in [0.1, 0.15) is 0 Å². The second-order valence-electron chi connectivity index (χ2n) is 7.24. The number of benzene rings is 2. The highest BCUT2D eigenvalue weighted by Gasteiger charge is 2.21. The normalized spacial score (nSPS) is 15.0. The van der Waals surface area contributed by atoms with Crippen LogP contribution in [-0.4, -0.2) is 71.5 Å². The van der Waals surface area contributed by atoms with Crippen LogP contribution in [0.25, 0.3) is 0 Å². The predicted octanol–water partition coefficient (Wildman–Crippen LogP) is 3.05. The Labute approximate surface area is 179 Å². The van der Waals surface area contributed by atoms with E-state index < -0.39 is 0 Å². The molecule has 0 radical (unpaired) electrons. The summed E-state index contributed by atoms with van der Waals surface area (Å²) in [7, 11) is 8.26. The second-order valence-corrected chi connectivity index (χ2v) is 7.24. The third-order valence-electron chi connectivity index (χ3n) is 5.50. The second kappa shape index (κ2) is 10.4. The van der Waals surface area contributed by atoms with E-state index >= 15 is 0 Å². The lowest BCUT2D eigenvalue weighted by Crippen LogP contribution is -2.45. The van der Waals surface area contributed by atoms with Crippen molar-refractivity contribution < 1.29 is 23.7 Å². The molecule has 0 saturated carbocycles. The van der Waals surface area contributed by atoms with Gasteiger partial charge in [-0.25, -0.2) is 0 Å². The Balaban J connectivity index is 1.60. The number of ether oxygens (including phenoxy) is 5. The maximum Gasteiger partial charge on any atom is 0.203 e. The van der Waals surface area contributed by atoms with Crippen LogP contribution in [0.15, 0.2) is 30.3 Å². The van der Waals surface area contributed by atoms with Crippen LogP contribution < -0.4 is 23.7 Å². The molecule has 0 unspecified atom stereocenters. The van der Waals surface area contributed by atoms with Crippen LogP contribution in [0, 0.1) is 0 Å². The first-order valence-corrected chi connectivity index (χ1v) is 10.1. The first kappa shape index (κ1) is 22.1. The summed E-state index contributed by atoms with van der Waals surface area (Å²) in [5, 5.41) is 0. The summed E-state index contributed by atoms with van der Waals surface area (Å²) >= 11 is 0. The number of rotatable bonds is 9. The lowest BCUT2D eigenvalue weighted by atomic mass is 10.1. The van der Waals surface area contributed by atoms with E-state index in [1.165, 1.54) is 5.56 Å². The minimum Gasteiger partial charge on any atom is -0.493 e. The Morgan fingerprint density at radius 3 is 1.73 bits per heavy atom. The van der Waals surface area contributed by atoms with Crippen LogP contribution >= 0.6 is 0 Å². The van der Waals surface area contributed by atoms with Gasteiger partial charge in [0, 0.05) is 44.8 Å². The van der Waals surface area contributed by atoms with E-state index in [0.717, 1.165) is 62.1 Å². The van der Waals surface area contributed by atoms with Gasteiger partial charge in [-0.3, -0.25) is 9.80 Å². The monoisotopic (exact) mass is 416 g/mol. The van der Waals surface area contributed by atoms with E-state index in [2.05, 4.69) is 28.0 Å². The molecule has 1 fully saturated rings. The van der Waals surface area contributed by atoms with Crippen molar-refractivity contribution in [2.75, 3.05) is 61.7 Å². The quantitative estimate of drug-likeness (QED) is 0.623. The van der Waals surface area contributed by atoms with Gasteiger partial charge in [-0.2, -0.15) is 0 Å². The van der Waals surface area contributed by atoms with E-state index in [0.29, 0.717) is 11.5 Å². The molecule has 0 spiro atoms. The maximum absolute atomic E-state index is 5.63. The summed E-state index contributed by atoms with van der Waals surface area (Å²) in [5.74, 6) is 3.59. The fourth-order valence-electron chi connectivity index (χ4n) is 3.87. The third kappa shape index (κ3) is 4.91. The largest absolute Gasteiger partial charge is 0.493 e. The van der Waals surface area contributed by atoms with E-state index in [1.807, 2.05) is 12.1 Å². The average molecular weight is 417 g/mol. The fraction of sp³-hybridized carbons (Fsp3) is 0.478. The molecule has 7 heteroatoms. The molecule has 0 aromatic heterocycles. The van der Waals surface area contributed by atoms with Gasteiger partial charge in [0.05, 0.1) is 35.5 Å². The van der Waals surface area contributed by atoms with Crippen molar-refractivity contribution in [3.63, 3.8) is 0 Å². The molecule has 7 nitrogen and oxygen atoms in total. The number of hydrogen-bond donors (Lipinski definition) is 0. The lowest BCUT2D eigenvalue weighted by molar-refractivity contribution is 0.121. The highest BCUT2D eigenvalue weighted by molar-refractivity contribution is 5.55. The Hall–Kier alpha value is -2.64. The Kier molecular flexibility index (Phi) is 7.65. The van der Waals surface area contributed by atoms with E-state index in [-0.39, 0.29) is 0 Å². The number of piperazine rings is 1. The predicted molar refractivity (Wildman–Crippen MR) is 116 cm³/mol. The van der Waals surface area contributed by atoms with E-state index in [9.17, 15) is 0 Å². The zero-order valence-corrected chi connectivity index (χ0v) is 18.6. The molecule has 0 amide bonds. The van der Waals surface area contributed by atoms with Crippen LogP contribution in [0.2, 0.25) is 0 Å². The van der Waals surface area contributed by atoms with Gasteiger partial charge in [0.15, 0.2) is 23.0 Å². The SMILES string of the molecule is COc1ccc(CN2CCN(Cc3ccc(OC)c(OC)c3OC)CC2)cc1OC. The van der Waals surface area contributed by atoms with Crippen molar-refractivity contribution >= 4 is 0 Å². The van der Waals surface area contributed by atoms with Crippen LogP contribution in [0.4, 0.5) is 0 Å². The fourth-order valence-corrected chi connectivity index (χ4v) is 3.87. The highest BCUT2D eigenvalue weighted by atomic mass is 16.5. The van der Waals surface area contributed by atoms with Gasteiger partial charge in [-0.05, 0) is 23.8 Å². The minimum atomic E-state index is 0.643. The molecule has 2 aromatic carbocycles. The Morgan fingerprint density at radius 1 is 0.600 bits per heavy atom. The van der Waals surface area contributed by atoms with Crippen molar-refractivity contribution in [2.24, 2.45) is 0 Å². The van der Waals surface area contributed by atoms with Gasteiger partial charge in [-0.1, -0.05) is 12.1 Å². The first-order valence-electron chi connectivity index (χ1n) is 10.1. The number of hydrogen-bond acceptors (Lipinski definition) is 7. The van der Waals surface area contributed by atoms with E-state index in [4.69, 9.17) is 23.7 Å². The van der Waals surface area contributed by atoms with Gasteiger partial charge < -0.3 is 23.7 Å². The molecule has 0 aliphatic carbocycles. The molecule has 0 N–H and O–H groups in total. The molecule has 1 aliphatic heterocycles. The number of nitrogens with zero attached hydrogens (tertiary/aromatic N) is 2. The highest BCUT2D eigenvalue weighted by Crippen LogP contribution is 2.40. The van der Waals surface area contributed by atoms with E-state index in [1.54, 1.807) is 35.5 Å². The van der Waals surface area contributed by atoms with Crippen molar-refractivity contribution in [3.8, 4) is 28.7 Å².